The quantitative estimate of drug-likeness (QED) is 0.889. The molecule has 2 aromatic rings. The second kappa shape index (κ2) is 5.36. The third kappa shape index (κ3) is 2.44. The fraction of sp³-hybridized carbons (Fsp3) is 0.333. The van der Waals surface area contributed by atoms with Gasteiger partial charge in [0.25, 0.3) is 0 Å². The van der Waals surface area contributed by atoms with E-state index in [-0.39, 0.29) is 0 Å². The van der Waals surface area contributed by atoms with E-state index in [1.54, 1.807) is 12.5 Å². The van der Waals surface area contributed by atoms with Crippen LogP contribution in [-0.2, 0) is 0 Å². The van der Waals surface area contributed by atoms with Gasteiger partial charge < -0.3 is 10.2 Å². The van der Waals surface area contributed by atoms with Crippen LogP contribution in [0.3, 0.4) is 0 Å². The van der Waals surface area contributed by atoms with E-state index >= 15 is 0 Å². The lowest BCUT2D eigenvalue weighted by molar-refractivity contribution is 0.501. The molecule has 0 radical (unpaired) electrons. The lowest BCUT2D eigenvalue weighted by atomic mass is 10.1. The summed E-state index contributed by atoms with van der Waals surface area (Å²) in [7, 11) is 0. The van der Waals surface area contributed by atoms with Crippen molar-refractivity contribution in [3.8, 4) is 11.3 Å². The molecule has 1 aliphatic rings. The summed E-state index contributed by atoms with van der Waals surface area (Å²) in [6.45, 7) is 5.34. The minimum atomic E-state index is 0.497. The number of anilines is 1. The van der Waals surface area contributed by atoms with Gasteiger partial charge in [0, 0.05) is 43.1 Å². The normalized spacial score (nSPS) is 19.4. The largest absolute Gasteiger partial charge is 0.366 e. The minimum Gasteiger partial charge on any atom is -0.366 e. The maximum atomic E-state index is 4.38. The molecule has 1 saturated heterocycles. The van der Waals surface area contributed by atoms with E-state index in [9.17, 15) is 0 Å². The van der Waals surface area contributed by atoms with Gasteiger partial charge >= 0.3 is 0 Å². The van der Waals surface area contributed by atoms with Crippen LogP contribution in [-0.4, -0.2) is 35.6 Å². The highest BCUT2D eigenvalue weighted by Crippen LogP contribution is 2.30. The van der Waals surface area contributed by atoms with Gasteiger partial charge in [0.05, 0.1) is 5.69 Å². The van der Waals surface area contributed by atoms with Gasteiger partial charge in [-0.15, -0.1) is 0 Å². The third-order valence-corrected chi connectivity index (χ3v) is 3.57. The first-order valence-electron chi connectivity index (χ1n) is 6.69. The molecule has 0 saturated carbocycles. The van der Waals surface area contributed by atoms with Gasteiger partial charge in [-0.3, -0.25) is 0 Å². The Kier molecular flexibility index (Phi) is 3.42. The molecule has 1 N–H and O–H groups in total. The number of nitrogens with zero attached hydrogens (tertiary/aromatic N) is 3. The zero-order chi connectivity index (χ0) is 13.1. The zero-order valence-electron chi connectivity index (χ0n) is 11.1. The third-order valence-electron chi connectivity index (χ3n) is 3.57. The van der Waals surface area contributed by atoms with Crippen molar-refractivity contribution in [2.75, 3.05) is 24.5 Å². The molecule has 3 rings (SSSR count). The highest BCUT2D eigenvalue weighted by atomic mass is 15.2. The summed E-state index contributed by atoms with van der Waals surface area (Å²) in [6, 6.07) is 10.9. The Bertz CT molecular complexity index is 541. The van der Waals surface area contributed by atoms with Crippen molar-refractivity contribution < 1.29 is 0 Å². The van der Waals surface area contributed by atoms with Crippen LogP contribution in [0.15, 0.2) is 42.9 Å². The SMILES string of the molecule is CC1CNCCN1c1ccccc1-c1ccncn1. The van der Waals surface area contributed by atoms with Gasteiger partial charge in [0.2, 0.25) is 0 Å². The van der Waals surface area contributed by atoms with E-state index in [1.807, 2.05) is 6.07 Å². The average molecular weight is 254 g/mol. The first-order valence-corrected chi connectivity index (χ1v) is 6.69. The molecule has 1 aliphatic heterocycles. The Hall–Kier alpha value is -1.94. The van der Waals surface area contributed by atoms with E-state index in [0.29, 0.717) is 6.04 Å². The van der Waals surface area contributed by atoms with E-state index in [4.69, 9.17) is 0 Å². The fourth-order valence-electron chi connectivity index (χ4n) is 2.59. The minimum absolute atomic E-state index is 0.497. The molecule has 0 aliphatic carbocycles. The maximum absolute atomic E-state index is 4.38. The molecule has 0 spiro atoms. The van der Waals surface area contributed by atoms with Crippen molar-refractivity contribution in [1.82, 2.24) is 15.3 Å². The summed E-state index contributed by atoms with van der Waals surface area (Å²) in [6.07, 6.45) is 3.40. The summed E-state index contributed by atoms with van der Waals surface area (Å²) in [5.41, 5.74) is 3.42. The highest BCUT2D eigenvalue weighted by molar-refractivity contribution is 5.76. The Balaban J connectivity index is 2.02. The maximum Gasteiger partial charge on any atom is 0.116 e. The molecule has 0 bridgehead atoms. The molecule has 0 amide bonds. The first kappa shape index (κ1) is 12.1. The molecule has 2 heterocycles. The fourth-order valence-corrected chi connectivity index (χ4v) is 2.59. The molecule has 1 aromatic heterocycles. The number of benzene rings is 1. The summed E-state index contributed by atoms with van der Waals surface area (Å²) >= 11 is 0. The molecule has 4 nitrogen and oxygen atoms in total. The van der Waals surface area contributed by atoms with Gasteiger partial charge in [0.1, 0.15) is 6.33 Å². The molecule has 1 fully saturated rings. The summed E-state index contributed by atoms with van der Waals surface area (Å²) in [4.78, 5) is 10.8. The zero-order valence-corrected chi connectivity index (χ0v) is 11.1. The Labute approximate surface area is 113 Å². The predicted molar refractivity (Wildman–Crippen MR) is 77.1 cm³/mol. The van der Waals surface area contributed by atoms with E-state index in [0.717, 1.165) is 25.3 Å². The van der Waals surface area contributed by atoms with Crippen molar-refractivity contribution >= 4 is 5.69 Å². The molecule has 19 heavy (non-hydrogen) atoms. The standard InChI is InChI=1S/C15H18N4/c1-12-10-16-8-9-19(12)15-5-3-2-4-13(15)14-6-7-17-11-18-14/h2-7,11-12,16H,8-10H2,1H3. The van der Waals surface area contributed by atoms with Crippen LogP contribution in [0.25, 0.3) is 11.3 Å². The van der Waals surface area contributed by atoms with Crippen molar-refractivity contribution in [3.05, 3.63) is 42.9 Å². The molecule has 4 heteroatoms. The van der Waals surface area contributed by atoms with Crippen molar-refractivity contribution in [2.24, 2.45) is 0 Å². The average Bonchev–Trinajstić information content (AvgIpc) is 2.49. The van der Waals surface area contributed by atoms with Crippen LogP contribution in [0.1, 0.15) is 6.92 Å². The smallest absolute Gasteiger partial charge is 0.116 e. The number of para-hydroxylation sites is 1. The summed E-state index contributed by atoms with van der Waals surface area (Å²) < 4.78 is 0. The van der Waals surface area contributed by atoms with Gasteiger partial charge in [-0.25, -0.2) is 9.97 Å². The van der Waals surface area contributed by atoms with Crippen LogP contribution in [0, 0.1) is 0 Å². The van der Waals surface area contributed by atoms with Crippen molar-refractivity contribution in [1.29, 1.82) is 0 Å². The Morgan fingerprint density at radius 3 is 2.95 bits per heavy atom. The number of aromatic nitrogens is 2. The topological polar surface area (TPSA) is 41.0 Å². The lowest BCUT2D eigenvalue weighted by Crippen LogP contribution is -2.50. The van der Waals surface area contributed by atoms with Gasteiger partial charge in [-0.05, 0) is 19.1 Å². The predicted octanol–water partition coefficient (Wildman–Crippen LogP) is 1.94. The van der Waals surface area contributed by atoms with Gasteiger partial charge in [0.15, 0.2) is 0 Å². The van der Waals surface area contributed by atoms with Gasteiger partial charge in [-0.1, -0.05) is 18.2 Å². The number of piperazine rings is 1. The molecule has 1 unspecified atom stereocenters. The highest BCUT2D eigenvalue weighted by Gasteiger charge is 2.20. The van der Waals surface area contributed by atoms with Crippen LogP contribution in [0.4, 0.5) is 5.69 Å². The number of hydrogen-bond acceptors (Lipinski definition) is 4. The van der Waals surface area contributed by atoms with Gasteiger partial charge in [-0.2, -0.15) is 0 Å². The molecule has 1 atom stereocenters. The van der Waals surface area contributed by atoms with E-state index < -0.39 is 0 Å². The molecular weight excluding hydrogens is 236 g/mol. The number of rotatable bonds is 2. The molecule has 1 aromatic carbocycles. The molecular formula is C15H18N4. The summed E-state index contributed by atoms with van der Waals surface area (Å²) in [5, 5.41) is 3.43. The van der Waals surface area contributed by atoms with Crippen LogP contribution in [0.5, 0.6) is 0 Å². The van der Waals surface area contributed by atoms with Crippen LogP contribution in [0.2, 0.25) is 0 Å². The Morgan fingerprint density at radius 2 is 2.16 bits per heavy atom. The van der Waals surface area contributed by atoms with Crippen molar-refractivity contribution in [2.45, 2.75) is 13.0 Å². The number of hydrogen-bond donors (Lipinski definition) is 1. The second-order valence-electron chi connectivity index (χ2n) is 4.86. The van der Waals surface area contributed by atoms with E-state index in [1.165, 1.54) is 11.3 Å². The summed E-state index contributed by atoms with van der Waals surface area (Å²) in [5.74, 6) is 0. The second-order valence-corrected chi connectivity index (χ2v) is 4.86. The Morgan fingerprint density at radius 1 is 1.26 bits per heavy atom. The number of nitrogens with one attached hydrogen (secondary N) is 1. The van der Waals surface area contributed by atoms with Crippen LogP contribution >= 0.6 is 0 Å². The van der Waals surface area contributed by atoms with E-state index in [2.05, 4.69) is 51.4 Å². The monoisotopic (exact) mass is 254 g/mol. The van der Waals surface area contributed by atoms with Crippen LogP contribution < -0.4 is 10.2 Å². The lowest BCUT2D eigenvalue weighted by Gasteiger charge is -2.37. The van der Waals surface area contributed by atoms with Crippen molar-refractivity contribution in [3.63, 3.8) is 0 Å². The first-order chi connectivity index (χ1) is 9.36. The molecule has 98 valence electrons.